The number of hydrogen-bond acceptors (Lipinski definition) is 5. The van der Waals surface area contributed by atoms with Crippen LogP contribution in [0.25, 0.3) is 27.0 Å². The van der Waals surface area contributed by atoms with Gasteiger partial charge in [0.15, 0.2) is 5.16 Å². The minimum Gasteiger partial charge on any atom is -0.325 e. The van der Waals surface area contributed by atoms with Crippen LogP contribution in [0.3, 0.4) is 0 Å². The largest absolute Gasteiger partial charge is 0.325 e. The lowest BCUT2D eigenvalue weighted by Gasteiger charge is -2.13. The van der Waals surface area contributed by atoms with Crippen LogP contribution >= 0.6 is 23.1 Å². The van der Waals surface area contributed by atoms with Crippen LogP contribution in [0.4, 0.5) is 10.1 Å². The first-order valence-corrected chi connectivity index (χ1v) is 13.1. The zero-order valence-electron chi connectivity index (χ0n) is 19.6. The van der Waals surface area contributed by atoms with E-state index in [2.05, 4.69) is 31.3 Å². The molecule has 3 aromatic carbocycles. The summed E-state index contributed by atoms with van der Waals surface area (Å²) >= 11 is 2.60. The Bertz CT molecular complexity index is 1630. The minimum absolute atomic E-state index is 0.0392. The quantitative estimate of drug-likeness (QED) is 0.204. The predicted molar refractivity (Wildman–Crippen MR) is 146 cm³/mol. The molecule has 0 spiro atoms. The molecule has 0 radical (unpaired) electrons. The van der Waals surface area contributed by atoms with Crippen molar-refractivity contribution in [2.45, 2.75) is 19.0 Å². The smallest absolute Gasteiger partial charge is 0.268 e. The Morgan fingerprint density at radius 3 is 2.50 bits per heavy atom. The molecule has 180 valence electrons. The van der Waals surface area contributed by atoms with E-state index in [9.17, 15) is 14.0 Å². The Hall–Kier alpha value is -3.75. The molecule has 0 saturated heterocycles. The van der Waals surface area contributed by atoms with Gasteiger partial charge in [-0.1, -0.05) is 48.2 Å². The van der Waals surface area contributed by atoms with E-state index >= 15 is 0 Å². The molecule has 5 aromatic rings. The summed E-state index contributed by atoms with van der Waals surface area (Å²) in [6.07, 6.45) is 0. The molecule has 8 heteroatoms. The van der Waals surface area contributed by atoms with E-state index in [1.807, 2.05) is 41.8 Å². The predicted octanol–water partition coefficient (Wildman–Crippen LogP) is 6.60. The van der Waals surface area contributed by atoms with Crippen LogP contribution in [0.5, 0.6) is 0 Å². The van der Waals surface area contributed by atoms with E-state index in [1.165, 1.54) is 52.9 Å². The molecule has 0 aliphatic rings. The highest BCUT2D eigenvalue weighted by molar-refractivity contribution is 7.99. The topological polar surface area (TPSA) is 64.0 Å². The molecule has 5 rings (SSSR count). The number of carbonyl (C=O) groups excluding carboxylic acids is 1. The molecule has 0 saturated carbocycles. The number of aromatic nitrogens is 2. The number of thiophene rings is 1. The average Bonchev–Trinajstić information content (AvgIpc) is 3.31. The van der Waals surface area contributed by atoms with Gasteiger partial charge in [0.05, 0.1) is 16.8 Å². The summed E-state index contributed by atoms with van der Waals surface area (Å²) in [7, 11) is 0. The van der Waals surface area contributed by atoms with Gasteiger partial charge in [-0.3, -0.25) is 14.2 Å². The van der Waals surface area contributed by atoms with Crippen LogP contribution in [0, 0.1) is 19.7 Å². The third kappa shape index (κ3) is 4.82. The number of carbonyl (C=O) groups is 1. The first-order chi connectivity index (χ1) is 17.4. The lowest BCUT2D eigenvalue weighted by molar-refractivity contribution is -0.113. The summed E-state index contributed by atoms with van der Waals surface area (Å²) in [5.74, 6) is -0.609. The number of hydrogen-bond donors (Lipinski definition) is 1. The lowest BCUT2D eigenvalue weighted by Crippen LogP contribution is -2.22. The molecule has 0 atom stereocenters. The Morgan fingerprint density at radius 1 is 1.03 bits per heavy atom. The second-order valence-corrected chi connectivity index (χ2v) is 10.1. The number of anilines is 1. The SMILES string of the molecule is Cc1ccc(-c2csc3nc(SCC(=O)Nc4ccc(F)cc4)n(-c4ccccc4)c(=O)c23)cc1C. The molecule has 0 aliphatic heterocycles. The van der Waals surface area contributed by atoms with Crippen LogP contribution in [0.1, 0.15) is 11.1 Å². The fourth-order valence-corrected chi connectivity index (χ4v) is 5.66. The first-order valence-electron chi connectivity index (χ1n) is 11.3. The number of halogens is 1. The second kappa shape index (κ2) is 10.1. The van der Waals surface area contributed by atoms with Gasteiger partial charge in [0.25, 0.3) is 5.56 Å². The summed E-state index contributed by atoms with van der Waals surface area (Å²) in [6, 6.07) is 21.0. The number of rotatable bonds is 6. The molecule has 5 nitrogen and oxygen atoms in total. The zero-order valence-corrected chi connectivity index (χ0v) is 21.3. The summed E-state index contributed by atoms with van der Waals surface area (Å²) in [5.41, 5.74) is 5.17. The summed E-state index contributed by atoms with van der Waals surface area (Å²) in [6.45, 7) is 4.12. The Morgan fingerprint density at radius 2 is 1.78 bits per heavy atom. The monoisotopic (exact) mass is 515 g/mol. The van der Waals surface area contributed by atoms with E-state index in [4.69, 9.17) is 4.98 Å². The van der Waals surface area contributed by atoms with Crippen molar-refractivity contribution in [3.63, 3.8) is 0 Å². The fraction of sp³-hybridized carbons (Fsp3) is 0.107. The van der Waals surface area contributed by atoms with Gasteiger partial charge in [-0.2, -0.15) is 0 Å². The Kier molecular flexibility index (Phi) is 6.71. The molecule has 0 bridgehead atoms. The summed E-state index contributed by atoms with van der Waals surface area (Å²) < 4.78 is 14.7. The lowest BCUT2D eigenvalue weighted by atomic mass is 10.0. The molecule has 1 N–H and O–H groups in total. The summed E-state index contributed by atoms with van der Waals surface area (Å²) in [5, 5.41) is 5.71. The molecule has 1 amide bonds. The number of fused-ring (bicyclic) bond motifs is 1. The van der Waals surface area contributed by atoms with Crippen molar-refractivity contribution in [1.29, 1.82) is 0 Å². The van der Waals surface area contributed by atoms with Crippen molar-refractivity contribution in [2.75, 3.05) is 11.1 Å². The van der Waals surface area contributed by atoms with Crippen molar-refractivity contribution in [1.82, 2.24) is 9.55 Å². The molecule has 0 unspecified atom stereocenters. The van der Waals surface area contributed by atoms with Crippen molar-refractivity contribution < 1.29 is 9.18 Å². The van der Waals surface area contributed by atoms with E-state index in [-0.39, 0.29) is 23.0 Å². The van der Waals surface area contributed by atoms with Gasteiger partial charge >= 0.3 is 0 Å². The molecular weight excluding hydrogens is 493 g/mol. The fourth-order valence-electron chi connectivity index (χ4n) is 3.86. The molecular formula is C28H22FN3O2S2. The number of amides is 1. The maximum Gasteiger partial charge on any atom is 0.268 e. The van der Waals surface area contributed by atoms with Gasteiger partial charge in [-0.25, -0.2) is 9.37 Å². The van der Waals surface area contributed by atoms with E-state index < -0.39 is 0 Å². The number of benzene rings is 3. The molecule has 36 heavy (non-hydrogen) atoms. The zero-order chi connectivity index (χ0) is 25.2. The van der Waals surface area contributed by atoms with Crippen LogP contribution in [0.15, 0.2) is 88.1 Å². The van der Waals surface area contributed by atoms with E-state index in [0.717, 1.165) is 16.7 Å². The van der Waals surface area contributed by atoms with Gasteiger partial charge in [-0.05, 0) is 66.9 Å². The van der Waals surface area contributed by atoms with E-state index in [0.29, 0.717) is 26.7 Å². The van der Waals surface area contributed by atoms with Crippen LogP contribution in [-0.4, -0.2) is 21.2 Å². The highest BCUT2D eigenvalue weighted by atomic mass is 32.2. The van der Waals surface area contributed by atoms with Gasteiger partial charge in [0.2, 0.25) is 5.91 Å². The van der Waals surface area contributed by atoms with Crippen molar-refractivity contribution in [2.24, 2.45) is 0 Å². The average molecular weight is 516 g/mol. The third-order valence-electron chi connectivity index (χ3n) is 5.87. The van der Waals surface area contributed by atoms with Gasteiger partial charge < -0.3 is 5.32 Å². The van der Waals surface area contributed by atoms with Gasteiger partial charge in [0, 0.05) is 16.6 Å². The highest BCUT2D eigenvalue weighted by Gasteiger charge is 2.19. The van der Waals surface area contributed by atoms with Crippen LogP contribution in [-0.2, 0) is 4.79 Å². The number of nitrogens with zero attached hydrogens (tertiary/aromatic N) is 2. The molecule has 2 aromatic heterocycles. The standard InChI is InChI=1S/C28H22FN3O2S2/c1-17-8-9-19(14-18(17)2)23-15-35-26-25(23)27(34)32(22-6-4-3-5-7-22)28(31-26)36-16-24(33)30-21-12-10-20(29)11-13-21/h3-15H,16H2,1-2H3,(H,30,33). The highest BCUT2D eigenvalue weighted by Crippen LogP contribution is 2.33. The molecule has 0 aliphatic carbocycles. The maximum absolute atomic E-state index is 13.9. The maximum atomic E-state index is 13.9. The van der Waals surface area contributed by atoms with E-state index in [1.54, 1.807) is 4.57 Å². The normalized spacial score (nSPS) is 11.1. The molecule has 0 fully saturated rings. The third-order valence-corrected chi connectivity index (χ3v) is 7.68. The Labute approximate surface area is 215 Å². The molecule has 2 heterocycles. The van der Waals surface area contributed by atoms with Gasteiger partial charge in [-0.15, -0.1) is 11.3 Å². The van der Waals surface area contributed by atoms with Crippen LogP contribution < -0.4 is 10.9 Å². The number of nitrogens with one attached hydrogen (secondary N) is 1. The van der Waals surface area contributed by atoms with Gasteiger partial charge in [0.1, 0.15) is 10.6 Å². The minimum atomic E-state index is -0.372. The van der Waals surface area contributed by atoms with Crippen molar-refractivity contribution in [3.8, 4) is 16.8 Å². The number of para-hydroxylation sites is 1. The number of thioether (sulfide) groups is 1. The second-order valence-electron chi connectivity index (χ2n) is 8.34. The summed E-state index contributed by atoms with van der Waals surface area (Å²) in [4.78, 5) is 31.9. The van der Waals surface area contributed by atoms with Crippen molar-refractivity contribution >= 4 is 44.9 Å². The first kappa shape index (κ1) is 24.0. The number of aryl methyl sites for hydroxylation is 2. The van der Waals surface area contributed by atoms with Crippen LogP contribution in [0.2, 0.25) is 0 Å². The Balaban J connectivity index is 1.54. The van der Waals surface area contributed by atoms with Crippen molar-refractivity contribution in [3.05, 3.63) is 105 Å².